The van der Waals surface area contributed by atoms with E-state index in [0.717, 1.165) is 0 Å². The maximum absolute atomic E-state index is 10.3. The first kappa shape index (κ1) is 6.92. The SMILES string of the molecule is CC([O-])C(C)C[O-]. The van der Waals surface area contributed by atoms with Crippen molar-refractivity contribution in [1.82, 2.24) is 0 Å². The van der Waals surface area contributed by atoms with Gasteiger partial charge in [-0.15, -0.1) is 12.7 Å². The van der Waals surface area contributed by atoms with Gasteiger partial charge in [0.15, 0.2) is 0 Å². The quantitative estimate of drug-likeness (QED) is 0.436. The van der Waals surface area contributed by atoms with Crippen LogP contribution in [0, 0.1) is 5.92 Å². The molecule has 0 radical (unpaired) electrons. The molecule has 2 heteroatoms. The zero-order valence-corrected chi connectivity index (χ0v) is 4.68. The molecule has 0 saturated heterocycles. The Morgan fingerprint density at radius 1 is 1.43 bits per heavy atom. The third-order valence-corrected chi connectivity index (χ3v) is 1.06. The summed E-state index contributed by atoms with van der Waals surface area (Å²) < 4.78 is 0. The van der Waals surface area contributed by atoms with Gasteiger partial charge in [0.25, 0.3) is 0 Å². The van der Waals surface area contributed by atoms with Crippen LogP contribution in [0.15, 0.2) is 0 Å². The van der Waals surface area contributed by atoms with E-state index in [2.05, 4.69) is 0 Å². The Balaban J connectivity index is 3.14. The lowest BCUT2D eigenvalue weighted by Crippen LogP contribution is -2.34. The Labute approximate surface area is 43.8 Å². The highest BCUT2D eigenvalue weighted by Gasteiger charge is 1.90. The zero-order chi connectivity index (χ0) is 5.86. The molecule has 0 amide bonds. The molecule has 2 nitrogen and oxygen atoms in total. The Morgan fingerprint density at radius 2 is 1.86 bits per heavy atom. The van der Waals surface area contributed by atoms with Crippen LogP contribution in [-0.4, -0.2) is 12.7 Å². The van der Waals surface area contributed by atoms with Crippen molar-refractivity contribution in [2.75, 3.05) is 6.61 Å². The van der Waals surface area contributed by atoms with Gasteiger partial charge in [-0.1, -0.05) is 19.8 Å². The van der Waals surface area contributed by atoms with Crippen molar-refractivity contribution in [3.8, 4) is 0 Å². The second-order valence-corrected chi connectivity index (χ2v) is 1.85. The van der Waals surface area contributed by atoms with Crippen LogP contribution < -0.4 is 10.2 Å². The van der Waals surface area contributed by atoms with Crippen LogP contribution in [0.5, 0.6) is 0 Å². The lowest BCUT2D eigenvalue weighted by atomic mass is 10.1. The second kappa shape index (κ2) is 2.99. The molecular weight excluding hydrogens is 92.1 g/mol. The highest BCUT2D eigenvalue weighted by atomic mass is 16.3. The highest BCUT2D eigenvalue weighted by molar-refractivity contribution is 4.52. The Morgan fingerprint density at radius 3 is 1.86 bits per heavy atom. The lowest BCUT2D eigenvalue weighted by Gasteiger charge is -2.26. The Bertz CT molecular complexity index is 43.3. The molecule has 0 aliphatic rings. The summed E-state index contributed by atoms with van der Waals surface area (Å²) in [7, 11) is 0. The Hall–Kier alpha value is -0.0800. The van der Waals surface area contributed by atoms with Gasteiger partial charge in [0.1, 0.15) is 0 Å². The number of rotatable bonds is 2. The van der Waals surface area contributed by atoms with E-state index >= 15 is 0 Å². The van der Waals surface area contributed by atoms with Crippen molar-refractivity contribution >= 4 is 0 Å². The van der Waals surface area contributed by atoms with Crippen molar-refractivity contribution in [3.05, 3.63) is 0 Å². The van der Waals surface area contributed by atoms with Crippen molar-refractivity contribution in [2.24, 2.45) is 5.92 Å². The number of hydrogen-bond donors (Lipinski definition) is 0. The van der Waals surface area contributed by atoms with Crippen LogP contribution in [0.4, 0.5) is 0 Å². The molecule has 0 aromatic rings. The minimum absolute atomic E-state index is 0.208. The summed E-state index contributed by atoms with van der Waals surface area (Å²) in [6.45, 7) is 2.94. The molecule has 0 N–H and O–H groups in total. The summed E-state index contributed by atoms with van der Waals surface area (Å²) in [6, 6.07) is 0. The van der Waals surface area contributed by atoms with Crippen molar-refractivity contribution in [2.45, 2.75) is 20.0 Å². The van der Waals surface area contributed by atoms with E-state index in [1.54, 1.807) is 6.92 Å². The molecule has 0 aromatic heterocycles. The van der Waals surface area contributed by atoms with Crippen LogP contribution in [0.1, 0.15) is 13.8 Å². The molecule has 0 rings (SSSR count). The minimum atomic E-state index is -0.697. The van der Waals surface area contributed by atoms with Gasteiger partial charge in [-0.05, 0) is 0 Å². The summed E-state index contributed by atoms with van der Waals surface area (Å²) in [5, 5.41) is 20.1. The molecule has 0 aromatic carbocycles. The molecule has 0 aliphatic carbocycles. The second-order valence-electron chi connectivity index (χ2n) is 1.85. The molecular formula is C5H10O2-2. The van der Waals surface area contributed by atoms with Crippen LogP contribution in [-0.2, 0) is 0 Å². The fourth-order valence-electron chi connectivity index (χ4n) is 0.136. The van der Waals surface area contributed by atoms with E-state index in [-0.39, 0.29) is 12.5 Å². The Kier molecular flexibility index (Phi) is 2.96. The first-order chi connectivity index (χ1) is 3.18. The molecule has 0 heterocycles. The molecule has 0 fully saturated rings. The van der Waals surface area contributed by atoms with Crippen LogP contribution in [0.2, 0.25) is 0 Å². The van der Waals surface area contributed by atoms with Gasteiger partial charge in [0, 0.05) is 0 Å². The fraction of sp³-hybridized carbons (Fsp3) is 1.00. The summed E-state index contributed by atoms with van der Waals surface area (Å²) in [6.07, 6.45) is -0.697. The van der Waals surface area contributed by atoms with Gasteiger partial charge >= 0.3 is 0 Å². The topological polar surface area (TPSA) is 46.1 Å². The molecule has 2 unspecified atom stereocenters. The maximum Gasteiger partial charge on any atom is -0.0648 e. The van der Waals surface area contributed by atoms with Crippen LogP contribution >= 0.6 is 0 Å². The van der Waals surface area contributed by atoms with E-state index in [0.29, 0.717) is 0 Å². The van der Waals surface area contributed by atoms with E-state index in [1.807, 2.05) is 0 Å². The van der Waals surface area contributed by atoms with E-state index in [9.17, 15) is 10.2 Å². The zero-order valence-electron chi connectivity index (χ0n) is 4.68. The first-order valence-corrected chi connectivity index (χ1v) is 2.42. The molecule has 2 atom stereocenters. The van der Waals surface area contributed by atoms with Crippen molar-refractivity contribution in [3.63, 3.8) is 0 Å². The van der Waals surface area contributed by atoms with Gasteiger partial charge in [0.2, 0.25) is 0 Å². The van der Waals surface area contributed by atoms with Gasteiger partial charge in [-0.25, -0.2) is 0 Å². The summed E-state index contributed by atoms with van der Waals surface area (Å²) in [5.41, 5.74) is 0. The molecule has 0 saturated carbocycles. The van der Waals surface area contributed by atoms with Gasteiger partial charge in [-0.2, -0.15) is 0 Å². The van der Waals surface area contributed by atoms with Crippen LogP contribution in [0.25, 0.3) is 0 Å². The van der Waals surface area contributed by atoms with Crippen LogP contribution in [0.3, 0.4) is 0 Å². The number of hydrogen-bond acceptors (Lipinski definition) is 2. The van der Waals surface area contributed by atoms with E-state index < -0.39 is 6.10 Å². The summed E-state index contributed by atoms with van der Waals surface area (Å²) in [4.78, 5) is 0. The molecule has 0 spiro atoms. The normalized spacial score (nSPS) is 18.9. The minimum Gasteiger partial charge on any atom is -0.854 e. The van der Waals surface area contributed by atoms with Gasteiger partial charge < -0.3 is 10.2 Å². The van der Waals surface area contributed by atoms with E-state index in [1.165, 1.54) is 6.92 Å². The summed E-state index contributed by atoms with van der Waals surface area (Å²) >= 11 is 0. The maximum atomic E-state index is 10.3. The summed E-state index contributed by atoms with van der Waals surface area (Å²) in [5.74, 6) is -0.208. The average molecular weight is 102 g/mol. The third-order valence-electron chi connectivity index (χ3n) is 1.06. The average Bonchev–Trinajstić information content (AvgIpc) is 1.65. The van der Waals surface area contributed by atoms with Gasteiger partial charge in [0.05, 0.1) is 0 Å². The predicted molar refractivity (Wildman–Crippen MR) is 23.5 cm³/mol. The third kappa shape index (κ3) is 2.60. The van der Waals surface area contributed by atoms with Crippen molar-refractivity contribution in [1.29, 1.82) is 0 Å². The molecule has 0 aliphatic heterocycles. The van der Waals surface area contributed by atoms with Crippen molar-refractivity contribution < 1.29 is 10.2 Å². The fourth-order valence-corrected chi connectivity index (χ4v) is 0.136. The monoisotopic (exact) mass is 102 g/mol. The first-order valence-electron chi connectivity index (χ1n) is 2.42. The molecule has 7 heavy (non-hydrogen) atoms. The predicted octanol–water partition coefficient (Wildman–Crippen LogP) is -1.27. The smallest absolute Gasteiger partial charge is 0.0648 e. The van der Waals surface area contributed by atoms with Gasteiger partial charge in [-0.3, -0.25) is 0 Å². The standard InChI is InChI=1S/C5H10O2/c1-4(3-6)5(2)7/h4-5H,3H2,1-2H3/q-2. The molecule has 0 bridgehead atoms. The highest BCUT2D eigenvalue weighted by Crippen LogP contribution is 1.92. The van der Waals surface area contributed by atoms with E-state index in [4.69, 9.17) is 0 Å². The largest absolute Gasteiger partial charge is 0.854 e. The lowest BCUT2D eigenvalue weighted by molar-refractivity contribution is -0.453. The molecule has 44 valence electrons.